The Bertz CT molecular complexity index is 1490. The fourth-order valence-corrected chi connectivity index (χ4v) is 4.63. The van der Waals surface area contributed by atoms with Crippen molar-refractivity contribution in [3.8, 4) is 11.3 Å². The highest BCUT2D eigenvalue weighted by Crippen LogP contribution is 2.31. The molecular weight excluding hydrogens is 533 g/mol. The second-order valence-electron chi connectivity index (χ2n) is 9.28. The summed E-state index contributed by atoms with van der Waals surface area (Å²) in [6.07, 6.45) is -2.23. The van der Waals surface area contributed by atoms with Crippen LogP contribution in [0.15, 0.2) is 72.9 Å². The van der Waals surface area contributed by atoms with Gasteiger partial charge in [-0.1, -0.05) is 41.9 Å². The van der Waals surface area contributed by atoms with Crippen LogP contribution in [0.1, 0.15) is 28.5 Å². The van der Waals surface area contributed by atoms with Gasteiger partial charge < -0.3 is 14.9 Å². The number of anilines is 1. The van der Waals surface area contributed by atoms with Gasteiger partial charge in [0, 0.05) is 55.6 Å². The smallest absolute Gasteiger partial charge is 0.475 e. The molecule has 11 heteroatoms. The first-order chi connectivity index (χ1) is 18.5. The molecule has 1 amide bonds. The predicted molar refractivity (Wildman–Crippen MR) is 143 cm³/mol. The number of likely N-dealkylation sites (tertiary alicyclic amines) is 1. The molecule has 0 bridgehead atoms. The lowest BCUT2D eigenvalue weighted by atomic mass is 9.98. The molecule has 0 saturated carbocycles. The van der Waals surface area contributed by atoms with Crippen molar-refractivity contribution >= 4 is 34.7 Å². The van der Waals surface area contributed by atoms with Crippen molar-refractivity contribution < 1.29 is 27.9 Å². The van der Waals surface area contributed by atoms with Gasteiger partial charge in [-0.2, -0.15) is 13.2 Å². The maximum atomic E-state index is 13.5. The molecule has 2 aromatic carbocycles. The number of carboxylic acids is 1. The van der Waals surface area contributed by atoms with E-state index in [-0.39, 0.29) is 5.91 Å². The first-order valence-electron chi connectivity index (χ1n) is 12.1. The molecule has 0 aliphatic carbocycles. The standard InChI is InChI=1S/C26H25ClN4O.C2HF3O2/c1-29(2)22-11-9-18(10-12-22)20-13-15-30(17-20)26(32)25-28-24(19-6-5-7-21(27)16-19)23-8-3-4-14-31(23)25;3-2(4,5)1(6)7/h3-12,14,16,20H,13,15,17H2,1-2H3;(H,6,7). The summed E-state index contributed by atoms with van der Waals surface area (Å²) in [4.78, 5) is 31.2. The molecule has 4 aromatic rings. The number of rotatable bonds is 4. The number of alkyl halides is 3. The summed E-state index contributed by atoms with van der Waals surface area (Å²) in [5, 5.41) is 7.77. The Morgan fingerprint density at radius 1 is 1.05 bits per heavy atom. The maximum Gasteiger partial charge on any atom is 0.490 e. The number of carbonyl (C=O) groups is 2. The van der Waals surface area contributed by atoms with Crippen LogP contribution in [0.2, 0.25) is 5.02 Å². The van der Waals surface area contributed by atoms with Gasteiger partial charge >= 0.3 is 12.1 Å². The Hall–Kier alpha value is -4.05. The molecule has 1 fully saturated rings. The van der Waals surface area contributed by atoms with Gasteiger partial charge in [0.05, 0.1) is 11.2 Å². The van der Waals surface area contributed by atoms with Crippen molar-refractivity contribution in [1.82, 2.24) is 14.3 Å². The molecule has 5 rings (SSSR count). The highest BCUT2D eigenvalue weighted by Gasteiger charge is 2.38. The van der Waals surface area contributed by atoms with Gasteiger partial charge in [-0.05, 0) is 48.4 Å². The quantitative estimate of drug-likeness (QED) is 0.333. The number of imidazole rings is 1. The molecule has 2 aromatic heterocycles. The number of aromatic nitrogens is 2. The summed E-state index contributed by atoms with van der Waals surface area (Å²) in [6, 6.07) is 22.1. The SMILES string of the molecule is CN(C)c1ccc(C2CCN(C(=O)c3nc(-c4cccc(Cl)c4)c4ccccn34)C2)cc1.O=C(O)C(F)(F)F. The maximum absolute atomic E-state index is 13.5. The van der Waals surface area contributed by atoms with E-state index in [2.05, 4.69) is 29.2 Å². The number of halogens is 4. The number of fused-ring (bicyclic) bond motifs is 1. The summed E-state index contributed by atoms with van der Waals surface area (Å²) in [5.41, 5.74) is 5.02. The van der Waals surface area contributed by atoms with Crippen LogP contribution in [0.25, 0.3) is 16.8 Å². The Balaban J connectivity index is 0.000000448. The lowest BCUT2D eigenvalue weighted by molar-refractivity contribution is -0.192. The van der Waals surface area contributed by atoms with Gasteiger partial charge in [0.15, 0.2) is 0 Å². The normalized spacial score (nSPS) is 15.1. The lowest BCUT2D eigenvalue weighted by Gasteiger charge is -2.17. The third-order valence-electron chi connectivity index (χ3n) is 6.44. The molecule has 1 unspecified atom stereocenters. The minimum Gasteiger partial charge on any atom is -0.475 e. The number of aliphatic carboxylic acids is 1. The average molecular weight is 559 g/mol. The van der Waals surface area contributed by atoms with E-state index < -0.39 is 12.1 Å². The molecule has 1 saturated heterocycles. The van der Waals surface area contributed by atoms with Crippen LogP contribution < -0.4 is 4.90 Å². The van der Waals surface area contributed by atoms with E-state index in [1.165, 1.54) is 11.3 Å². The van der Waals surface area contributed by atoms with E-state index in [0.717, 1.165) is 29.7 Å². The molecular formula is C28H26ClF3N4O3. The Morgan fingerprint density at radius 2 is 1.74 bits per heavy atom. The summed E-state index contributed by atoms with van der Waals surface area (Å²) in [5.74, 6) is -2.01. The summed E-state index contributed by atoms with van der Waals surface area (Å²) < 4.78 is 33.6. The van der Waals surface area contributed by atoms with Crippen LogP contribution >= 0.6 is 11.6 Å². The molecule has 1 atom stereocenters. The zero-order valence-electron chi connectivity index (χ0n) is 21.2. The molecule has 204 valence electrons. The van der Waals surface area contributed by atoms with Crippen molar-refractivity contribution in [2.45, 2.75) is 18.5 Å². The summed E-state index contributed by atoms with van der Waals surface area (Å²) >= 11 is 6.21. The lowest BCUT2D eigenvalue weighted by Crippen LogP contribution is -2.30. The van der Waals surface area contributed by atoms with Gasteiger partial charge in [0.25, 0.3) is 5.91 Å². The number of hydrogen-bond acceptors (Lipinski definition) is 4. The van der Waals surface area contributed by atoms with Crippen molar-refractivity contribution in [3.63, 3.8) is 0 Å². The topological polar surface area (TPSA) is 78.1 Å². The van der Waals surface area contributed by atoms with E-state index in [1.54, 1.807) is 0 Å². The summed E-state index contributed by atoms with van der Waals surface area (Å²) in [6.45, 7) is 1.43. The zero-order valence-corrected chi connectivity index (χ0v) is 21.9. The first-order valence-corrected chi connectivity index (χ1v) is 12.4. The molecule has 1 N–H and O–H groups in total. The Morgan fingerprint density at radius 3 is 2.36 bits per heavy atom. The largest absolute Gasteiger partial charge is 0.490 e. The first kappa shape index (κ1) is 28.0. The minimum absolute atomic E-state index is 0.0353. The molecule has 39 heavy (non-hydrogen) atoms. The third kappa shape index (κ3) is 6.34. The number of amides is 1. The molecule has 0 spiro atoms. The predicted octanol–water partition coefficient (Wildman–Crippen LogP) is 5.98. The zero-order chi connectivity index (χ0) is 28.3. The van der Waals surface area contributed by atoms with Gasteiger partial charge in [0.2, 0.25) is 5.82 Å². The van der Waals surface area contributed by atoms with Gasteiger partial charge in [-0.25, -0.2) is 9.78 Å². The van der Waals surface area contributed by atoms with Crippen molar-refractivity contribution in [3.05, 3.63) is 89.3 Å². The van der Waals surface area contributed by atoms with Crippen molar-refractivity contribution in [2.75, 3.05) is 32.1 Å². The van der Waals surface area contributed by atoms with Crippen molar-refractivity contribution in [2.24, 2.45) is 0 Å². The van der Waals surface area contributed by atoms with Gasteiger partial charge in [-0.3, -0.25) is 9.20 Å². The highest BCUT2D eigenvalue weighted by atomic mass is 35.5. The number of nitrogens with zero attached hydrogens (tertiary/aromatic N) is 4. The van der Waals surface area contributed by atoms with Gasteiger partial charge in [0.1, 0.15) is 0 Å². The Labute approximate surface area is 228 Å². The van der Waals surface area contributed by atoms with Crippen LogP contribution in [0.3, 0.4) is 0 Å². The molecule has 1 aliphatic rings. The molecule has 0 radical (unpaired) electrons. The number of carboxylic acid groups (broad SMARTS) is 1. The van der Waals surface area contributed by atoms with Crippen molar-refractivity contribution in [1.29, 1.82) is 0 Å². The van der Waals surface area contributed by atoms with E-state index in [4.69, 9.17) is 26.5 Å². The summed E-state index contributed by atoms with van der Waals surface area (Å²) in [7, 11) is 4.08. The number of benzene rings is 2. The highest BCUT2D eigenvalue weighted by molar-refractivity contribution is 6.30. The van der Waals surface area contributed by atoms with Crippen LogP contribution in [0.5, 0.6) is 0 Å². The van der Waals surface area contributed by atoms with E-state index >= 15 is 0 Å². The monoisotopic (exact) mass is 558 g/mol. The van der Waals surface area contributed by atoms with Crippen LogP contribution in [-0.2, 0) is 4.79 Å². The fourth-order valence-electron chi connectivity index (χ4n) is 4.44. The molecule has 7 nitrogen and oxygen atoms in total. The van der Waals surface area contributed by atoms with Crippen LogP contribution in [0, 0.1) is 0 Å². The van der Waals surface area contributed by atoms with E-state index in [0.29, 0.717) is 23.3 Å². The number of pyridine rings is 1. The van der Waals surface area contributed by atoms with Crippen LogP contribution in [-0.4, -0.2) is 64.6 Å². The minimum atomic E-state index is -5.08. The van der Waals surface area contributed by atoms with Gasteiger partial charge in [-0.15, -0.1) is 0 Å². The Kier molecular flexibility index (Phi) is 8.15. The molecule has 3 heterocycles. The molecule has 1 aliphatic heterocycles. The number of hydrogen-bond donors (Lipinski definition) is 1. The average Bonchev–Trinajstić information content (AvgIpc) is 3.54. The van der Waals surface area contributed by atoms with Crippen LogP contribution in [0.4, 0.5) is 18.9 Å². The number of carbonyl (C=O) groups excluding carboxylic acids is 1. The third-order valence-corrected chi connectivity index (χ3v) is 6.67. The fraction of sp³-hybridized carbons (Fsp3) is 0.250. The second-order valence-corrected chi connectivity index (χ2v) is 9.71. The van der Waals surface area contributed by atoms with E-state index in [9.17, 15) is 18.0 Å². The van der Waals surface area contributed by atoms with E-state index in [1.807, 2.05) is 72.1 Å². The second kappa shape index (κ2) is 11.4.